The summed E-state index contributed by atoms with van der Waals surface area (Å²) in [4.78, 5) is 53.6. The number of nitrogens with one attached hydrogen (secondary N) is 3. The van der Waals surface area contributed by atoms with Crippen molar-refractivity contribution in [2.45, 2.75) is 0 Å². The molecule has 5 aromatic rings. The van der Waals surface area contributed by atoms with Gasteiger partial charge in [0.2, 0.25) is 17.8 Å². The van der Waals surface area contributed by atoms with Gasteiger partial charge in [0, 0.05) is 29.8 Å². The lowest BCUT2D eigenvalue weighted by molar-refractivity contribution is -0.385. The Morgan fingerprint density at radius 1 is 0.700 bits per heavy atom. The van der Waals surface area contributed by atoms with Crippen molar-refractivity contribution in [1.82, 2.24) is 20.0 Å². The minimum atomic E-state index is -0.573. The van der Waals surface area contributed by atoms with Gasteiger partial charge in [0.25, 0.3) is 17.3 Å². The minimum Gasteiger partial charge on any atom is -0.495 e. The molecule has 6 rings (SSSR count). The number of benzene rings is 4. The molecule has 1 aliphatic heterocycles. The second-order valence-corrected chi connectivity index (χ2v) is 10.3. The fourth-order valence-corrected chi connectivity index (χ4v) is 4.80. The maximum Gasteiger partial charge on any atom is 0.297 e. The Hall–Kier alpha value is -7.43. The average Bonchev–Trinajstić information content (AvgIpc) is 3.42. The second-order valence-electron chi connectivity index (χ2n) is 10.3. The van der Waals surface area contributed by atoms with Crippen molar-refractivity contribution >= 4 is 58.4 Å². The first-order chi connectivity index (χ1) is 24.2. The van der Waals surface area contributed by atoms with Crippen LogP contribution in [-0.4, -0.2) is 55.8 Å². The number of amidine groups is 1. The Balaban J connectivity index is 1.43. The van der Waals surface area contributed by atoms with Gasteiger partial charge in [-0.1, -0.05) is 60.7 Å². The van der Waals surface area contributed by atoms with Crippen LogP contribution in [0.15, 0.2) is 108 Å². The molecule has 17 heteroatoms. The van der Waals surface area contributed by atoms with Crippen LogP contribution in [0.25, 0.3) is 6.08 Å². The number of anilines is 5. The number of nitro benzene ring substituents is 2. The smallest absolute Gasteiger partial charge is 0.297 e. The Morgan fingerprint density at radius 2 is 1.20 bits per heavy atom. The number of nitro groups is 2. The lowest BCUT2D eigenvalue weighted by atomic mass is 10.2. The highest BCUT2D eigenvalue weighted by Crippen LogP contribution is 2.33. The van der Waals surface area contributed by atoms with E-state index in [-0.39, 0.29) is 63.6 Å². The van der Waals surface area contributed by atoms with E-state index in [1.807, 2.05) is 36.4 Å². The number of hydrogen-bond donors (Lipinski definition) is 3. The first-order valence-corrected chi connectivity index (χ1v) is 14.7. The summed E-state index contributed by atoms with van der Waals surface area (Å²) in [5.74, 6) is -0.234. The van der Waals surface area contributed by atoms with Gasteiger partial charge in [-0.15, -0.1) is 0 Å². The van der Waals surface area contributed by atoms with Gasteiger partial charge in [0.05, 0.1) is 35.4 Å². The molecule has 250 valence electrons. The molecule has 0 unspecified atom stereocenters. The third-order valence-corrected chi connectivity index (χ3v) is 7.12. The van der Waals surface area contributed by atoms with Crippen LogP contribution in [0, 0.1) is 20.2 Å². The van der Waals surface area contributed by atoms with E-state index in [2.05, 4.69) is 36.0 Å². The molecule has 0 radical (unpaired) electrons. The molecule has 1 amide bonds. The quantitative estimate of drug-likeness (QED) is 0.0806. The zero-order valence-corrected chi connectivity index (χ0v) is 26.3. The molecule has 0 saturated heterocycles. The van der Waals surface area contributed by atoms with Crippen LogP contribution in [0.2, 0.25) is 0 Å². The lowest BCUT2D eigenvalue weighted by Gasteiger charge is -2.20. The van der Waals surface area contributed by atoms with Crippen molar-refractivity contribution in [1.29, 1.82) is 0 Å². The summed E-state index contributed by atoms with van der Waals surface area (Å²) in [7, 11) is 2.77. The van der Waals surface area contributed by atoms with Crippen molar-refractivity contribution in [2.24, 2.45) is 4.99 Å². The van der Waals surface area contributed by atoms with E-state index in [4.69, 9.17) is 9.47 Å². The van der Waals surface area contributed by atoms with E-state index in [0.717, 1.165) is 5.56 Å². The first kappa shape index (κ1) is 32.5. The van der Waals surface area contributed by atoms with Crippen LogP contribution in [0.3, 0.4) is 0 Å². The third kappa shape index (κ3) is 7.10. The molecule has 4 aromatic carbocycles. The Labute approximate surface area is 283 Å². The molecule has 1 aromatic heterocycles. The van der Waals surface area contributed by atoms with E-state index in [1.165, 1.54) is 55.6 Å². The molecule has 17 nitrogen and oxygen atoms in total. The number of hydrogen-bond acceptors (Lipinski definition) is 14. The monoisotopic (exact) mass is 674 g/mol. The molecule has 0 fully saturated rings. The van der Waals surface area contributed by atoms with Crippen LogP contribution in [0.4, 0.5) is 40.6 Å². The average molecular weight is 675 g/mol. The molecule has 0 atom stereocenters. The van der Waals surface area contributed by atoms with E-state index in [1.54, 1.807) is 30.3 Å². The van der Waals surface area contributed by atoms with E-state index in [0.29, 0.717) is 5.56 Å². The van der Waals surface area contributed by atoms with Gasteiger partial charge in [0.1, 0.15) is 17.2 Å². The third-order valence-electron chi connectivity index (χ3n) is 7.12. The molecule has 0 spiro atoms. The van der Waals surface area contributed by atoms with Crippen LogP contribution in [0.5, 0.6) is 11.5 Å². The maximum absolute atomic E-state index is 13.8. The summed E-state index contributed by atoms with van der Waals surface area (Å²) in [6.45, 7) is 0. The Kier molecular flexibility index (Phi) is 9.19. The summed E-state index contributed by atoms with van der Waals surface area (Å²) in [5.41, 5.74) is 4.24. The highest BCUT2D eigenvalue weighted by atomic mass is 16.6. The van der Waals surface area contributed by atoms with Gasteiger partial charge in [-0.25, -0.2) is 4.99 Å². The second kappa shape index (κ2) is 14.1. The molecule has 0 saturated carbocycles. The molecule has 2 heterocycles. The molecule has 50 heavy (non-hydrogen) atoms. The van der Waals surface area contributed by atoms with E-state index >= 15 is 0 Å². The number of carbonyl (C=O) groups excluding carboxylic acids is 1. The fraction of sp³-hybridized carbons (Fsp3) is 0.0606. The largest absolute Gasteiger partial charge is 0.495 e. The van der Waals surface area contributed by atoms with Gasteiger partial charge < -0.3 is 20.1 Å². The summed E-state index contributed by atoms with van der Waals surface area (Å²) >= 11 is 0. The summed E-state index contributed by atoms with van der Waals surface area (Å²) in [6, 6.07) is 26.0. The summed E-state index contributed by atoms with van der Waals surface area (Å²) in [5, 5.41) is 30.0. The van der Waals surface area contributed by atoms with Crippen molar-refractivity contribution < 1.29 is 24.1 Å². The number of non-ortho nitro benzene ring substituents is 2. The normalized spacial score (nSPS) is 13.1. The topological polar surface area (TPSA) is 212 Å². The standard InChI is InChI=1S/C33H26N10O7/c1-49-27-15-13-22(42(45)46)18-24(27)35-31-37-32(36-25-19-23(43(47)48)14-16-28(25)50-2)39-33(38-31)40-41-29(21-11-7-4-8-12-21)34-26(30(41)44)17-20-9-5-3-6-10-20/h3-19H,1-2H3,(H3,35,36,37,38,39,40). The number of ether oxygens (including phenoxy) is 2. The first-order valence-electron chi connectivity index (χ1n) is 14.7. The number of rotatable bonds is 12. The number of aromatic nitrogens is 3. The zero-order chi connectivity index (χ0) is 35.2. The predicted octanol–water partition coefficient (Wildman–Crippen LogP) is 5.85. The van der Waals surface area contributed by atoms with Crippen LogP contribution in [0.1, 0.15) is 11.1 Å². The number of hydrazine groups is 1. The highest BCUT2D eigenvalue weighted by molar-refractivity contribution is 6.20. The van der Waals surface area contributed by atoms with Gasteiger partial charge in [0.15, 0.2) is 5.84 Å². The Morgan fingerprint density at radius 3 is 1.70 bits per heavy atom. The maximum atomic E-state index is 13.8. The van der Waals surface area contributed by atoms with Crippen LogP contribution >= 0.6 is 0 Å². The number of methoxy groups -OCH3 is 2. The van der Waals surface area contributed by atoms with Gasteiger partial charge in [-0.2, -0.15) is 20.0 Å². The molecule has 0 aliphatic carbocycles. The van der Waals surface area contributed by atoms with Gasteiger partial charge in [-0.05, 0) is 23.8 Å². The van der Waals surface area contributed by atoms with Crippen molar-refractivity contribution in [3.05, 3.63) is 134 Å². The van der Waals surface area contributed by atoms with E-state index < -0.39 is 15.8 Å². The van der Waals surface area contributed by atoms with Crippen molar-refractivity contribution in [3.8, 4) is 11.5 Å². The molecular weight excluding hydrogens is 648 g/mol. The van der Waals surface area contributed by atoms with E-state index in [9.17, 15) is 25.0 Å². The summed E-state index contributed by atoms with van der Waals surface area (Å²) in [6.07, 6.45) is 1.64. The Bertz CT molecular complexity index is 2080. The summed E-state index contributed by atoms with van der Waals surface area (Å²) < 4.78 is 10.8. The predicted molar refractivity (Wildman–Crippen MR) is 184 cm³/mol. The SMILES string of the molecule is COc1ccc([N+](=O)[O-])cc1Nc1nc(Nc2cc([N+](=O)[O-])ccc2OC)nc(NN2C(=O)C(=Cc3ccccc3)N=C2c2ccccc2)n1. The van der Waals surface area contributed by atoms with Crippen molar-refractivity contribution in [3.63, 3.8) is 0 Å². The number of amides is 1. The van der Waals surface area contributed by atoms with Crippen molar-refractivity contribution in [2.75, 3.05) is 30.3 Å². The number of carbonyl (C=O) groups is 1. The van der Waals surface area contributed by atoms with Gasteiger partial charge in [-0.3, -0.25) is 30.4 Å². The van der Waals surface area contributed by atoms with Crippen LogP contribution in [-0.2, 0) is 4.79 Å². The number of nitrogens with zero attached hydrogens (tertiary/aromatic N) is 7. The zero-order valence-electron chi connectivity index (χ0n) is 26.3. The molecular formula is C33H26N10O7. The fourth-order valence-electron chi connectivity index (χ4n) is 4.80. The molecule has 3 N–H and O–H groups in total. The van der Waals surface area contributed by atoms with Crippen LogP contribution < -0.4 is 25.5 Å². The molecule has 1 aliphatic rings. The molecule has 0 bridgehead atoms. The van der Waals surface area contributed by atoms with Gasteiger partial charge >= 0.3 is 0 Å². The lowest BCUT2D eigenvalue weighted by Crippen LogP contribution is -2.38. The number of aliphatic imine (C=N–C) groups is 1. The minimum absolute atomic E-state index is 0.135. The highest BCUT2D eigenvalue weighted by Gasteiger charge is 2.32.